The Morgan fingerprint density at radius 3 is 2.12 bits per heavy atom. The van der Waals surface area contributed by atoms with Crippen molar-refractivity contribution in [3.63, 3.8) is 0 Å². The molecule has 4 aliphatic carbocycles. The van der Waals surface area contributed by atoms with Crippen molar-refractivity contribution < 1.29 is 32.4 Å². The second kappa shape index (κ2) is 16.5. The minimum Gasteiger partial charge on any atom is -0.346 e. The van der Waals surface area contributed by atoms with E-state index in [1.807, 2.05) is 37.3 Å². The van der Waals surface area contributed by atoms with Crippen molar-refractivity contribution in [1.82, 2.24) is 26.2 Å². The van der Waals surface area contributed by atoms with Crippen LogP contribution in [-0.2, 0) is 33.8 Å². The molecule has 314 valence electrons. The van der Waals surface area contributed by atoms with Gasteiger partial charge < -0.3 is 26.2 Å². The highest BCUT2D eigenvalue weighted by Gasteiger charge is 2.70. The van der Waals surface area contributed by atoms with Crippen LogP contribution in [0.25, 0.3) is 0 Å². The van der Waals surface area contributed by atoms with Crippen LogP contribution in [0.1, 0.15) is 124 Å². The number of hydrogen-bond donors (Lipinski definition) is 4. The highest BCUT2D eigenvalue weighted by Crippen LogP contribution is 2.65. The van der Waals surface area contributed by atoms with Crippen LogP contribution in [-0.4, -0.2) is 85.4 Å². The maximum atomic E-state index is 15.1. The number of ketones is 1. The van der Waals surface area contributed by atoms with Gasteiger partial charge in [-0.1, -0.05) is 109 Å². The number of benzene rings is 1. The molecule has 13 heteroatoms. The van der Waals surface area contributed by atoms with Gasteiger partial charge in [0.05, 0.1) is 22.1 Å². The molecule has 5 aliphatic rings. The molecular formula is C44H65N5O7S. The first kappa shape index (κ1) is 42.9. The van der Waals surface area contributed by atoms with Gasteiger partial charge in [-0.05, 0) is 80.1 Å². The van der Waals surface area contributed by atoms with Crippen LogP contribution >= 0.6 is 0 Å². The van der Waals surface area contributed by atoms with E-state index in [-0.39, 0.29) is 41.4 Å². The lowest BCUT2D eigenvalue weighted by molar-refractivity contribution is -0.146. The highest BCUT2D eigenvalue weighted by molar-refractivity contribution is 7.92. The van der Waals surface area contributed by atoms with E-state index >= 15 is 4.79 Å². The van der Waals surface area contributed by atoms with Crippen LogP contribution in [0.2, 0.25) is 0 Å². The summed E-state index contributed by atoms with van der Waals surface area (Å²) in [5.41, 5.74) is -1.15. The first-order valence-electron chi connectivity index (χ1n) is 21.3. The van der Waals surface area contributed by atoms with Gasteiger partial charge >= 0.3 is 6.03 Å². The quantitative estimate of drug-likeness (QED) is 0.130. The van der Waals surface area contributed by atoms with Crippen molar-refractivity contribution >= 4 is 39.4 Å². The van der Waals surface area contributed by atoms with Gasteiger partial charge in [0.2, 0.25) is 17.6 Å². The third kappa shape index (κ3) is 8.98. The van der Waals surface area contributed by atoms with Crippen LogP contribution < -0.4 is 21.3 Å². The molecule has 1 unspecified atom stereocenters. The molecule has 6 rings (SSSR count). The number of nitrogens with one attached hydrogen (secondary N) is 4. The number of hydrogen-bond acceptors (Lipinski definition) is 7. The third-order valence-corrected chi connectivity index (χ3v) is 17.1. The molecule has 57 heavy (non-hydrogen) atoms. The summed E-state index contributed by atoms with van der Waals surface area (Å²) in [6.07, 6.45) is 11.4. The molecule has 5 fully saturated rings. The Labute approximate surface area is 339 Å². The lowest BCUT2D eigenvalue weighted by Crippen LogP contribution is -2.65. The van der Waals surface area contributed by atoms with Crippen LogP contribution in [0.15, 0.2) is 43.0 Å². The number of rotatable bonds is 16. The molecular weight excluding hydrogens is 743 g/mol. The summed E-state index contributed by atoms with van der Waals surface area (Å²) in [5.74, 6) is -2.38. The van der Waals surface area contributed by atoms with Crippen molar-refractivity contribution in [1.29, 1.82) is 0 Å². The van der Waals surface area contributed by atoms with E-state index in [2.05, 4.69) is 41.7 Å². The lowest BCUT2D eigenvalue weighted by atomic mass is 9.70. The van der Waals surface area contributed by atoms with Gasteiger partial charge in [0.1, 0.15) is 12.1 Å². The average molecular weight is 808 g/mol. The van der Waals surface area contributed by atoms with Gasteiger partial charge in [-0.25, -0.2) is 13.2 Å². The minimum absolute atomic E-state index is 0.0583. The van der Waals surface area contributed by atoms with Gasteiger partial charge in [0.15, 0.2) is 9.84 Å². The predicted molar refractivity (Wildman–Crippen MR) is 219 cm³/mol. The Balaban J connectivity index is 1.25. The minimum atomic E-state index is -3.78. The van der Waals surface area contributed by atoms with Crippen molar-refractivity contribution in [2.24, 2.45) is 28.6 Å². The van der Waals surface area contributed by atoms with Gasteiger partial charge in [-0.3, -0.25) is 19.2 Å². The fourth-order valence-electron chi connectivity index (χ4n) is 10.3. The van der Waals surface area contributed by atoms with E-state index in [4.69, 9.17) is 0 Å². The van der Waals surface area contributed by atoms with Crippen LogP contribution in [0, 0.1) is 28.6 Å². The summed E-state index contributed by atoms with van der Waals surface area (Å²) >= 11 is 0. The number of amides is 5. The number of nitrogens with zero attached hydrogens (tertiary/aromatic N) is 1. The molecule has 0 bridgehead atoms. The van der Waals surface area contributed by atoms with E-state index in [0.29, 0.717) is 44.2 Å². The Morgan fingerprint density at radius 2 is 1.53 bits per heavy atom. The van der Waals surface area contributed by atoms with Crippen LogP contribution in [0.5, 0.6) is 0 Å². The first-order valence-corrected chi connectivity index (χ1v) is 22.9. The summed E-state index contributed by atoms with van der Waals surface area (Å²) in [6, 6.07) is 5.69. The standard InChI is InChI=1S/C44H65N5O7S/c1-7-25-45-38(52)35(50)32(26-29-19-20-29)46-37(51)34-33-31(41(33,2)3)27-49(34)39(53)36(43(6)21-13-9-14-22-43)47-40(54)48-44(23-15-10-16-24-44)28-57(55,56)42(4,5)30-17-11-8-12-18-30/h7-8,11-12,17-18,29,31-34,36H,1,9-10,13-16,19-28H2,2-6H3,(H,45,52)(H,46,51)(H2,47,48,54)/t31-,32?,33-,34-,36+/m0/s1. The fraction of sp³-hybridized carbons (Fsp3) is 0.705. The Morgan fingerprint density at radius 1 is 0.912 bits per heavy atom. The average Bonchev–Trinajstić information content (AvgIpc) is 4.03. The number of sulfone groups is 1. The zero-order valence-corrected chi connectivity index (χ0v) is 35.5. The monoisotopic (exact) mass is 807 g/mol. The van der Waals surface area contributed by atoms with E-state index in [1.165, 1.54) is 6.08 Å². The molecule has 1 saturated heterocycles. The lowest BCUT2D eigenvalue weighted by Gasteiger charge is -2.44. The second-order valence-corrected chi connectivity index (χ2v) is 21.8. The number of carbonyl (C=O) groups is 5. The second-order valence-electron chi connectivity index (χ2n) is 19.2. The topological polar surface area (TPSA) is 171 Å². The zero-order chi connectivity index (χ0) is 41.4. The smallest absolute Gasteiger partial charge is 0.315 e. The van der Waals surface area contributed by atoms with E-state index < -0.39 is 67.3 Å². The van der Waals surface area contributed by atoms with Crippen molar-refractivity contribution in [3.8, 4) is 0 Å². The maximum Gasteiger partial charge on any atom is 0.315 e. The van der Waals surface area contributed by atoms with E-state index in [1.54, 1.807) is 18.7 Å². The van der Waals surface area contributed by atoms with Crippen LogP contribution in [0.3, 0.4) is 0 Å². The maximum absolute atomic E-state index is 15.1. The summed E-state index contributed by atoms with van der Waals surface area (Å²) in [5, 5.41) is 11.7. The molecule has 4 N–H and O–H groups in total. The van der Waals surface area contributed by atoms with Crippen molar-refractivity contribution in [3.05, 3.63) is 48.6 Å². The van der Waals surface area contributed by atoms with Gasteiger partial charge in [0, 0.05) is 13.1 Å². The number of piperidine rings is 1. The molecule has 1 aliphatic heterocycles. The SMILES string of the molecule is C=CCNC(=O)C(=O)C(CC1CC1)NC(=O)[C@@H]1[C@@H]2[C@H](CN1C(=O)[C@@H](NC(=O)NC1(CS(=O)(=O)C(C)(C)c3ccccc3)CCCCC1)C1(C)CCCCC1)C2(C)C. The van der Waals surface area contributed by atoms with Gasteiger partial charge in [0.25, 0.3) is 5.91 Å². The van der Waals surface area contributed by atoms with E-state index in [0.717, 1.165) is 51.4 Å². The zero-order valence-electron chi connectivity index (χ0n) is 34.7. The molecule has 5 atom stereocenters. The number of fused-ring (bicyclic) bond motifs is 1. The van der Waals surface area contributed by atoms with Gasteiger partial charge in [-0.2, -0.15) is 0 Å². The number of urea groups is 1. The predicted octanol–water partition coefficient (Wildman–Crippen LogP) is 5.32. The van der Waals surface area contributed by atoms with Crippen molar-refractivity contribution in [2.45, 2.75) is 147 Å². The van der Waals surface area contributed by atoms with Gasteiger partial charge in [-0.15, -0.1) is 6.58 Å². The fourth-order valence-corrected chi connectivity index (χ4v) is 12.2. The summed E-state index contributed by atoms with van der Waals surface area (Å²) in [4.78, 5) is 71.5. The molecule has 4 saturated carbocycles. The largest absolute Gasteiger partial charge is 0.346 e. The number of carbonyl (C=O) groups excluding carboxylic acids is 5. The molecule has 12 nitrogen and oxygen atoms in total. The molecule has 1 aromatic rings. The molecule has 5 amide bonds. The Kier molecular flexibility index (Phi) is 12.4. The van der Waals surface area contributed by atoms with Crippen molar-refractivity contribution in [2.75, 3.05) is 18.8 Å². The summed E-state index contributed by atoms with van der Waals surface area (Å²) in [7, 11) is -3.78. The molecule has 0 spiro atoms. The normalized spacial score (nSPS) is 25.8. The number of likely N-dealkylation sites (tertiary alicyclic amines) is 1. The van der Waals surface area contributed by atoms with Crippen LogP contribution in [0.4, 0.5) is 4.79 Å². The number of Topliss-reactive ketones (excluding diaryl/α,β-unsaturated/α-hetero) is 1. The molecule has 0 aromatic heterocycles. The summed E-state index contributed by atoms with van der Waals surface area (Å²) in [6.45, 7) is 13.7. The Bertz CT molecular complexity index is 1810. The third-order valence-electron chi connectivity index (χ3n) is 14.4. The molecule has 1 aromatic carbocycles. The molecule has 0 radical (unpaired) electrons. The molecule has 1 heterocycles. The first-order chi connectivity index (χ1) is 26.9. The van der Waals surface area contributed by atoms with E-state index in [9.17, 15) is 27.6 Å². The highest BCUT2D eigenvalue weighted by atomic mass is 32.2. The Hall–Kier alpha value is -3.74. The summed E-state index contributed by atoms with van der Waals surface area (Å²) < 4.78 is 27.3.